The number of ether oxygens (including phenoxy) is 17. The summed E-state index contributed by atoms with van der Waals surface area (Å²) in [7, 11) is 0. The van der Waals surface area contributed by atoms with Crippen molar-refractivity contribution in [2.45, 2.75) is 184 Å². The lowest BCUT2D eigenvalue weighted by Gasteiger charge is -2.49. The van der Waals surface area contributed by atoms with Crippen molar-refractivity contribution in [3.8, 4) is 0 Å². The standard InChI is InChI=1S/C42H56Cl3NO26/c1-15-27(62-19(5)49)30(63-20(6)50)34(38(60-15)71-40(46)42(43,44)45)70-37-33(66-23(9)53)31(64-21(7)51)28(16(2)59-37)68-36-32(65-22(8)52)29(26(12-56-36)61-18(4)48)69-39-35(67-24(10)54)41(14-58-39,72-25(11)55)13-57-17(3)47/h15-16,26-39,46H,12-14H2,1-11H3/t15-,16+,26-,27+,28+,29+,30+,31-,32-,33-,34-,35+,36+,37+,38-,39+,41-/m1/s1. The molecule has 0 spiro atoms. The molecule has 4 rings (SSSR count). The van der Waals surface area contributed by atoms with E-state index in [2.05, 4.69) is 0 Å². The van der Waals surface area contributed by atoms with E-state index in [-0.39, 0.29) is 0 Å². The minimum Gasteiger partial charge on any atom is -0.461 e. The first-order valence-electron chi connectivity index (χ1n) is 21.8. The van der Waals surface area contributed by atoms with Crippen LogP contribution in [0, 0.1) is 5.41 Å². The molecule has 4 fully saturated rings. The van der Waals surface area contributed by atoms with Gasteiger partial charge in [0.05, 0.1) is 25.4 Å². The van der Waals surface area contributed by atoms with Crippen molar-refractivity contribution in [2.24, 2.45) is 0 Å². The highest BCUT2D eigenvalue weighted by atomic mass is 35.6. The number of carbonyl (C=O) groups is 9. The molecule has 4 heterocycles. The number of nitrogens with one attached hydrogen (secondary N) is 1. The molecule has 0 radical (unpaired) electrons. The first-order valence-corrected chi connectivity index (χ1v) is 22.9. The van der Waals surface area contributed by atoms with Gasteiger partial charge in [-0.05, 0) is 13.8 Å². The Morgan fingerprint density at radius 3 is 1.43 bits per heavy atom. The molecule has 0 unspecified atom stereocenters. The molecule has 4 aliphatic heterocycles. The quantitative estimate of drug-likeness (QED) is 0.0700. The van der Waals surface area contributed by atoms with Crippen LogP contribution in [0.15, 0.2) is 0 Å². The van der Waals surface area contributed by atoms with E-state index in [1.165, 1.54) is 13.8 Å². The Hall–Kier alpha value is -4.71. The van der Waals surface area contributed by atoms with Gasteiger partial charge in [-0.25, -0.2) is 0 Å². The fourth-order valence-corrected chi connectivity index (χ4v) is 8.09. The van der Waals surface area contributed by atoms with Crippen LogP contribution in [0.4, 0.5) is 0 Å². The summed E-state index contributed by atoms with van der Waals surface area (Å²) in [5.74, 6) is -9.32. The predicted molar refractivity (Wildman–Crippen MR) is 232 cm³/mol. The molecular formula is C42H56Cl3NO26. The smallest absolute Gasteiger partial charge is 0.303 e. The van der Waals surface area contributed by atoms with Crippen molar-refractivity contribution in [1.29, 1.82) is 5.41 Å². The minimum atomic E-state index is -2.48. The molecule has 27 nitrogen and oxygen atoms in total. The van der Waals surface area contributed by atoms with Crippen LogP contribution < -0.4 is 0 Å². The van der Waals surface area contributed by atoms with E-state index in [0.717, 1.165) is 62.3 Å². The number of hydrogen-bond acceptors (Lipinski definition) is 27. The molecule has 0 aromatic carbocycles. The SMILES string of the molecule is CC(=O)OC[C@@]1(OC(C)=O)CO[C@@H](O[C@@H]2[C@@H](OC(C)=O)[C@H](O[C@@H]3[C@@H](OC(C)=O)[C@@H](OC(C)=O)[C@H](O[C@H]4[C@@H](OC(=N)C(Cl)(Cl)Cl)O[C@H](C)[C@H](OC(C)=O)[C@@H]4OC(C)=O)O[C@H]3C)OC[C@H]2OC(C)=O)[C@@H]1OC(C)=O. The molecule has 0 saturated carbocycles. The Morgan fingerprint density at radius 2 is 0.931 bits per heavy atom. The summed E-state index contributed by atoms with van der Waals surface area (Å²) in [6, 6.07) is 0. The van der Waals surface area contributed by atoms with Crippen molar-refractivity contribution >= 4 is 94.4 Å². The predicted octanol–water partition coefficient (Wildman–Crippen LogP) is 1.10. The highest BCUT2D eigenvalue weighted by Crippen LogP contribution is 2.40. The van der Waals surface area contributed by atoms with Crippen molar-refractivity contribution in [3.63, 3.8) is 0 Å². The van der Waals surface area contributed by atoms with Crippen LogP contribution in [-0.4, -0.2) is 187 Å². The minimum absolute atomic E-state index is 0.592. The number of carbonyl (C=O) groups excluding carboxylic acids is 9. The van der Waals surface area contributed by atoms with Gasteiger partial charge in [-0.15, -0.1) is 0 Å². The second-order valence-electron chi connectivity index (χ2n) is 16.5. The van der Waals surface area contributed by atoms with Crippen LogP contribution in [0.1, 0.15) is 76.2 Å². The van der Waals surface area contributed by atoms with Gasteiger partial charge in [0.25, 0.3) is 3.79 Å². The normalized spacial score (nSPS) is 34.5. The maximum absolute atomic E-state index is 12.9. The van der Waals surface area contributed by atoms with Crippen molar-refractivity contribution in [1.82, 2.24) is 0 Å². The van der Waals surface area contributed by atoms with Crippen LogP contribution >= 0.6 is 34.8 Å². The van der Waals surface area contributed by atoms with Crippen molar-refractivity contribution in [3.05, 3.63) is 0 Å². The van der Waals surface area contributed by atoms with E-state index >= 15 is 0 Å². The summed E-state index contributed by atoms with van der Waals surface area (Å²) in [6.07, 6.45) is -26.7. The second kappa shape index (κ2) is 25.5. The molecule has 0 bridgehead atoms. The molecular weight excluding hydrogens is 1040 g/mol. The molecule has 17 atom stereocenters. The van der Waals surface area contributed by atoms with Crippen LogP contribution in [0.25, 0.3) is 0 Å². The molecule has 4 aliphatic rings. The lowest BCUT2D eigenvalue weighted by molar-refractivity contribution is -0.374. The highest BCUT2D eigenvalue weighted by Gasteiger charge is 2.61. The van der Waals surface area contributed by atoms with E-state index in [1.807, 2.05) is 0 Å². The third kappa shape index (κ3) is 16.1. The first-order chi connectivity index (χ1) is 33.4. The van der Waals surface area contributed by atoms with E-state index < -0.39 is 187 Å². The van der Waals surface area contributed by atoms with Crippen LogP contribution in [0.2, 0.25) is 0 Å². The maximum atomic E-state index is 12.9. The number of halogens is 3. The molecule has 1 N–H and O–H groups in total. The Labute approximate surface area is 426 Å². The average Bonchev–Trinajstić information content (AvgIpc) is 3.54. The van der Waals surface area contributed by atoms with Crippen LogP contribution in [-0.2, 0) is 124 Å². The Balaban J connectivity index is 1.80. The van der Waals surface area contributed by atoms with E-state index in [1.54, 1.807) is 0 Å². The van der Waals surface area contributed by atoms with Gasteiger partial charge in [0.1, 0.15) is 18.8 Å². The zero-order chi connectivity index (χ0) is 54.2. The third-order valence-electron chi connectivity index (χ3n) is 10.4. The molecule has 30 heteroatoms. The average molecular weight is 1100 g/mol. The molecule has 0 amide bonds. The van der Waals surface area contributed by atoms with Crippen LogP contribution in [0.3, 0.4) is 0 Å². The van der Waals surface area contributed by atoms with Gasteiger partial charge in [-0.2, -0.15) is 0 Å². The lowest BCUT2D eigenvalue weighted by atomic mass is 9.96. The molecule has 72 heavy (non-hydrogen) atoms. The monoisotopic (exact) mass is 1100 g/mol. The van der Waals surface area contributed by atoms with Gasteiger partial charge in [-0.3, -0.25) is 48.6 Å². The number of rotatable bonds is 17. The topological polar surface area (TPSA) is 334 Å². The van der Waals surface area contributed by atoms with Crippen LogP contribution in [0.5, 0.6) is 0 Å². The van der Waals surface area contributed by atoms with E-state index in [4.69, 9.17) is 121 Å². The summed E-state index contributed by atoms with van der Waals surface area (Å²) in [4.78, 5) is 113. The summed E-state index contributed by atoms with van der Waals surface area (Å²) in [6.45, 7) is 10.1. The second-order valence-corrected chi connectivity index (χ2v) is 18.8. The molecule has 4 saturated heterocycles. The summed E-state index contributed by atoms with van der Waals surface area (Å²) < 4.78 is 95.9. The zero-order valence-electron chi connectivity index (χ0n) is 40.6. The van der Waals surface area contributed by atoms with Gasteiger partial charge >= 0.3 is 53.7 Å². The Morgan fingerprint density at radius 1 is 0.486 bits per heavy atom. The highest BCUT2D eigenvalue weighted by molar-refractivity contribution is 6.76. The molecule has 0 aliphatic carbocycles. The maximum Gasteiger partial charge on any atom is 0.303 e. The lowest BCUT2D eigenvalue weighted by Crippen LogP contribution is -2.67. The molecule has 0 aromatic rings. The number of hydrogen-bond donors (Lipinski definition) is 1. The number of esters is 9. The van der Waals surface area contributed by atoms with E-state index in [0.29, 0.717) is 0 Å². The largest absolute Gasteiger partial charge is 0.461 e. The van der Waals surface area contributed by atoms with E-state index in [9.17, 15) is 43.2 Å². The van der Waals surface area contributed by atoms with Gasteiger partial charge in [-0.1, -0.05) is 34.8 Å². The summed E-state index contributed by atoms with van der Waals surface area (Å²) >= 11 is 17.7. The fourth-order valence-electron chi connectivity index (χ4n) is 7.95. The number of alkyl halides is 3. The van der Waals surface area contributed by atoms with Crippen molar-refractivity contribution in [2.75, 3.05) is 19.8 Å². The Kier molecular flexibility index (Phi) is 21.2. The summed E-state index contributed by atoms with van der Waals surface area (Å²) in [5, 5.41) is 8.28. The first kappa shape index (κ1) is 59.8. The van der Waals surface area contributed by atoms with Gasteiger partial charge < -0.3 is 80.5 Å². The molecule has 0 aromatic heterocycles. The van der Waals surface area contributed by atoms with Gasteiger partial charge in [0.2, 0.25) is 17.8 Å². The Bertz CT molecular complexity index is 2040. The fraction of sp³-hybridized carbons (Fsp3) is 0.762. The van der Waals surface area contributed by atoms with Gasteiger partial charge in [0.15, 0.2) is 67.7 Å². The molecule has 406 valence electrons. The summed E-state index contributed by atoms with van der Waals surface area (Å²) in [5.41, 5.74) is -2.00. The zero-order valence-corrected chi connectivity index (χ0v) is 42.9. The van der Waals surface area contributed by atoms with Gasteiger partial charge in [0, 0.05) is 62.3 Å². The van der Waals surface area contributed by atoms with Crippen molar-refractivity contribution < 1.29 is 124 Å². The third-order valence-corrected chi connectivity index (χ3v) is 11.0.